The van der Waals surface area contributed by atoms with E-state index in [4.69, 9.17) is 10.5 Å². The van der Waals surface area contributed by atoms with Gasteiger partial charge in [-0.3, -0.25) is 0 Å². The Kier molecular flexibility index (Phi) is 5.28. The molecular formula is C19H22N2OS. The number of rotatable bonds is 7. The van der Waals surface area contributed by atoms with Crippen LogP contribution in [0.3, 0.4) is 0 Å². The zero-order valence-corrected chi connectivity index (χ0v) is 14.1. The molecule has 120 valence electrons. The van der Waals surface area contributed by atoms with Gasteiger partial charge >= 0.3 is 0 Å². The lowest BCUT2D eigenvalue weighted by atomic mass is 10.0. The average molecular weight is 326 g/mol. The van der Waals surface area contributed by atoms with Crippen LogP contribution in [0.15, 0.2) is 53.9 Å². The summed E-state index contributed by atoms with van der Waals surface area (Å²) in [6.45, 7) is 1.44. The van der Waals surface area contributed by atoms with Crippen molar-refractivity contribution in [1.82, 2.24) is 5.32 Å². The van der Waals surface area contributed by atoms with Crippen molar-refractivity contribution < 1.29 is 4.74 Å². The fourth-order valence-electron chi connectivity index (χ4n) is 2.70. The van der Waals surface area contributed by atoms with E-state index in [1.807, 2.05) is 12.1 Å². The predicted octanol–water partition coefficient (Wildman–Crippen LogP) is 3.57. The van der Waals surface area contributed by atoms with E-state index in [2.05, 4.69) is 47.1 Å². The SMILES string of the molecule is COc1ccc(CNC(CN)Cc2csc3ccccc23)cc1. The van der Waals surface area contributed by atoms with Crippen molar-refractivity contribution in [2.45, 2.75) is 19.0 Å². The van der Waals surface area contributed by atoms with Crippen molar-refractivity contribution in [3.63, 3.8) is 0 Å². The molecule has 1 heterocycles. The van der Waals surface area contributed by atoms with Crippen molar-refractivity contribution in [1.29, 1.82) is 0 Å². The van der Waals surface area contributed by atoms with Gasteiger partial charge in [0.25, 0.3) is 0 Å². The standard InChI is InChI=1S/C19H22N2OS/c1-22-17-8-6-14(7-9-17)12-21-16(11-20)10-15-13-23-19-5-3-2-4-18(15)19/h2-9,13,16,21H,10-12,20H2,1H3. The van der Waals surface area contributed by atoms with Crippen LogP contribution in [0.1, 0.15) is 11.1 Å². The van der Waals surface area contributed by atoms with E-state index in [0.717, 1.165) is 18.7 Å². The van der Waals surface area contributed by atoms with E-state index in [9.17, 15) is 0 Å². The normalized spacial score (nSPS) is 12.4. The summed E-state index contributed by atoms with van der Waals surface area (Å²) in [6.07, 6.45) is 0.955. The van der Waals surface area contributed by atoms with Crippen LogP contribution in [0.2, 0.25) is 0 Å². The lowest BCUT2D eigenvalue weighted by Gasteiger charge is -2.17. The molecule has 0 fully saturated rings. The molecule has 3 nitrogen and oxygen atoms in total. The van der Waals surface area contributed by atoms with E-state index < -0.39 is 0 Å². The first-order valence-corrected chi connectivity index (χ1v) is 8.69. The van der Waals surface area contributed by atoms with Crippen LogP contribution in [0.25, 0.3) is 10.1 Å². The van der Waals surface area contributed by atoms with E-state index >= 15 is 0 Å². The summed E-state index contributed by atoms with van der Waals surface area (Å²) < 4.78 is 6.53. The minimum absolute atomic E-state index is 0.273. The fraction of sp³-hybridized carbons (Fsp3) is 0.263. The van der Waals surface area contributed by atoms with Gasteiger partial charge in [0.15, 0.2) is 0 Å². The molecule has 3 N–H and O–H groups in total. The highest BCUT2D eigenvalue weighted by atomic mass is 32.1. The maximum atomic E-state index is 5.96. The monoisotopic (exact) mass is 326 g/mol. The second kappa shape index (κ2) is 7.59. The number of methoxy groups -OCH3 is 1. The molecule has 2 aromatic carbocycles. The minimum atomic E-state index is 0.273. The molecule has 0 amide bonds. The van der Waals surface area contributed by atoms with Crippen molar-refractivity contribution in [2.24, 2.45) is 5.73 Å². The number of hydrogen-bond donors (Lipinski definition) is 2. The molecule has 0 aliphatic carbocycles. The zero-order valence-electron chi connectivity index (χ0n) is 13.3. The van der Waals surface area contributed by atoms with Gasteiger partial charge in [0.05, 0.1) is 7.11 Å². The van der Waals surface area contributed by atoms with Gasteiger partial charge in [0.1, 0.15) is 5.75 Å². The molecule has 3 rings (SSSR count). The summed E-state index contributed by atoms with van der Waals surface area (Å²) in [6, 6.07) is 17.0. The first-order valence-electron chi connectivity index (χ1n) is 7.81. The summed E-state index contributed by atoms with van der Waals surface area (Å²) in [7, 11) is 1.68. The molecule has 23 heavy (non-hydrogen) atoms. The van der Waals surface area contributed by atoms with Gasteiger partial charge in [-0.2, -0.15) is 0 Å². The van der Waals surface area contributed by atoms with E-state index in [1.54, 1.807) is 18.4 Å². The number of hydrogen-bond acceptors (Lipinski definition) is 4. The third kappa shape index (κ3) is 3.91. The number of nitrogens with one attached hydrogen (secondary N) is 1. The van der Waals surface area contributed by atoms with Crippen LogP contribution >= 0.6 is 11.3 Å². The second-order valence-electron chi connectivity index (χ2n) is 5.62. The van der Waals surface area contributed by atoms with Gasteiger partial charge in [-0.25, -0.2) is 0 Å². The molecule has 0 spiro atoms. The van der Waals surface area contributed by atoms with Gasteiger partial charge in [-0.15, -0.1) is 11.3 Å². The molecule has 0 radical (unpaired) electrons. The topological polar surface area (TPSA) is 47.3 Å². The number of fused-ring (bicyclic) bond motifs is 1. The molecule has 0 aliphatic rings. The van der Waals surface area contributed by atoms with Crippen molar-refractivity contribution in [3.8, 4) is 5.75 Å². The van der Waals surface area contributed by atoms with Crippen LogP contribution in [0.5, 0.6) is 5.75 Å². The third-order valence-corrected chi connectivity index (χ3v) is 5.08. The van der Waals surface area contributed by atoms with E-state index in [0.29, 0.717) is 6.54 Å². The molecule has 3 aromatic rings. The molecule has 0 aliphatic heterocycles. The predicted molar refractivity (Wildman–Crippen MR) is 98.2 cm³/mol. The number of benzene rings is 2. The molecule has 1 aromatic heterocycles. The first-order chi connectivity index (χ1) is 11.3. The Labute approximate surface area is 141 Å². The van der Waals surface area contributed by atoms with Gasteiger partial charge in [0.2, 0.25) is 0 Å². The average Bonchev–Trinajstić information content (AvgIpc) is 3.02. The quantitative estimate of drug-likeness (QED) is 0.698. The summed E-state index contributed by atoms with van der Waals surface area (Å²) in [5.74, 6) is 0.883. The van der Waals surface area contributed by atoms with E-state index in [1.165, 1.54) is 21.2 Å². The third-order valence-electron chi connectivity index (χ3n) is 4.07. The van der Waals surface area contributed by atoms with Crippen molar-refractivity contribution in [3.05, 3.63) is 65.0 Å². The van der Waals surface area contributed by atoms with Gasteiger partial charge in [0, 0.05) is 23.8 Å². The van der Waals surface area contributed by atoms with Crippen LogP contribution < -0.4 is 15.8 Å². The Morgan fingerprint density at radius 1 is 1.13 bits per heavy atom. The smallest absolute Gasteiger partial charge is 0.118 e. The molecule has 0 saturated carbocycles. The second-order valence-corrected chi connectivity index (χ2v) is 6.53. The van der Waals surface area contributed by atoms with Crippen LogP contribution in [0, 0.1) is 0 Å². The highest BCUT2D eigenvalue weighted by Gasteiger charge is 2.11. The first kappa shape index (κ1) is 16.0. The maximum absolute atomic E-state index is 5.96. The van der Waals surface area contributed by atoms with Crippen LogP contribution in [-0.4, -0.2) is 19.7 Å². The van der Waals surface area contributed by atoms with Gasteiger partial charge < -0.3 is 15.8 Å². The Balaban J connectivity index is 1.63. The van der Waals surface area contributed by atoms with E-state index in [-0.39, 0.29) is 6.04 Å². The van der Waals surface area contributed by atoms with Gasteiger partial charge in [-0.1, -0.05) is 30.3 Å². The lowest BCUT2D eigenvalue weighted by molar-refractivity contribution is 0.414. The lowest BCUT2D eigenvalue weighted by Crippen LogP contribution is -2.37. The maximum Gasteiger partial charge on any atom is 0.118 e. The molecule has 0 bridgehead atoms. The molecular weight excluding hydrogens is 304 g/mol. The fourth-order valence-corrected chi connectivity index (χ4v) is 3.68. The zero-order chi connectivity index (χ0) is 16.1. The van der Waals surface area contributed by atoms with Crippen LogP contribution in [0.4, 0.5) is 0 Å². The number of thiophene rings is 1. The Morgan fingerprint density at radius 2 is 1.91 bits per heavy atom. The Bertz CT molecular complexity index is 751. The molecule has 0 saturated heterocycles. The number of ether oxygens (including phenoxy) is 1. The highest BCUT2D eigenvalue weighted by molar-refractivity contribution is 7.17. The van der Waals surface area contributed by atoms with Crippen LogP contribution in [-0.2, 0) is 13.0 Å². The van der Waals surface area contributed by atoms with Gasteiger partial charge in [-0.05, 0) is 46.5 Å². The Hall–Kier alpha value is -1.88. The number of nitrogens with two attached hydrogens (primary N) is 1. The minimum Gasteiger partial charge on any atom is -0.497 e. The van der Waals surface area contributed by atoms with Crippen molar-refractivity contribution >= 4 is 21.4 Å². The summed E-state index contributed by atoms with van der Waals surface area (Å²) in [4.78, 5) is 0. The highest BCUT2D eigenvalue weighted by Crippen LogP contribution is 2.26. The summed E-state index contributed by atoms with van der Waals surface area (Å²) in [5, 5.41) is 7.17. The largest absolute Gasteiger partial charge is 0.497 e. The molecule has 1 unspecified atom stereocenters. The summed E-state index contributed by atoms with van der Waals surface area (Å²) >= 11 is 1.80. The van der Waals surface area contributed by atoms with Crippen molar-refractivity contribution in [2.75, 3.05) is 13.7 Å². The molecule has 4 heteroatoms. The molecule has 1 atom stereocenters. The Morgan fingerprint density at radius 3 is 2.65 bits per heavy atom. The summed E-state index contributed by atoms with van der Waals surface area (Å²) in [5.41, 5.74) is 8.58.